The van der Waals surface area contributed by atoms with E-state index in [4.69, 9.17) is 4.52 Å². The van der Waals surface area contributed by atoms with Crippen molar-refractivity contribution >= 4 is 27.3 Å². The van der Waals surface area contributed by atoms with Crippen LogP contribution in [0, 0.1) is 5.82 Å². The van der Waals surface area contributed by atoms with Crippen molar-refractivity contribution in [2.75, 3.05) is 13.1 Å². The van der Waals surface area contributed by atoms with Crippen LogP contribution in [-0.4, -0.2) is 70.4 Å². The number of likely N-dealkylation sites (tertiary alicyclic amines) is 1. The fourth-order valence-electron chi connectivity index (χ4n) is 4.33. The maximum Gasteiger partial charge on any atom is 0.274 e. The highest BCUT2D eigenvalue weighted by Gasteiger charge is 2.34. The third-order valence-corrected chi connectivity index (χ3v) is 9.34. The maximum atomic E-state index is 15.6. The first-order chi connectivity index (χ1) is 19.6. The molecule has 2 N–H and O–H groups in total. The summed E-state index contributed by atoms with van der Waals surface area (Å²) in [4.78, 5) is 22.2. The summed E-state index contributed by atoms with van der Waals surface area (Å²) in [7, 11) is -4.49. The number of rotatable bonds is 10. The summed E-state index contributed by atoms with van der Waals surface area (Å²) < 4.78 is 91.2. The van der Waals surface area contributed by atoms with Crippen molar-refractivity contribution in [3.63, 3.8) is 0 Å². The molecule has 0 radical (unpaired) electrons. The highest BCUT2D eigenvalue weighted by atomic mass is 32.2. The van der Waals surface area contributed by atoms with Crippen LogP contribution in [0.2, 0.25) is 0 Å². The van der Waals surface area contributed by atoms with E-state index in [2.05, 4.69) is 19.8 Å². The van der Waals surface area contributed by atoms with Gasteiger partial charge >= 0.3 is 0 Å². The average molecular weight is 634 g/mol. The monoisotopic (exact) mass is 633 g/mol. The van der Waals surface area contributed by atoms with Crippen LogP contribution in [0.5, 0.6) is 0 Å². The molecule has 1 atom stereocenters. The van der Waals surface area contributed by atoms with Gasteiger partial charge in [0.25, 0.3) is 12.3 Å². The smallest absolute Gasteiger partial charge is 0.274 e. The van der Waals surface area contributed by atoms with Crippen LogP contribution in [0.15, 0.2) is 21.6 Å². The van der Waals surface area contributed by atoms with Gasteiger partial charge in [-0.25, -0.2) is 35.7 Å². The Kier molecular flexibility index (Phi) is 9.40. The number of nitrogens with one attached hydrogen (secondary N) is 1. The minimum Gasteiger partial charge on any atom is -0.390 e. The predicted molar refractivity (Wildman–Crippen MR) is 146 cm³/mol. The van der Waals surface area contributed by atoms with Crippen molar-refractivity contribution in [1.82, 2.24) is 24.7 Å². The Hall–Kier alpha value is -2.95. The average Bonchev–Trinajstić information content (AvgIpc) is 3.54. The van der Waals surface area contributed by atoms with Crippen molar-refractivity contribution < 1.29 is 40.4 Å². The first-order valence-electron chi connectivity index (χ1n) is 13.2. The van der Waals surface area contributed by atoms with Gasteiger partial charge in [0.15, 0.2) is 10.8 Å². The summed E-state index contributed by atoms with van der Waals surface area (Å²) in [5.41, 5.74) is -3.16. The van der Waals surface area contributed by atoms with E-state index in [-0.39, 0.29) is 59.6 Å². The topological polar surface area (TPSA) is 139 Å². The molecule has 230 valence electrons. The molecule has 3 heterocycles. The molecule has 3 aromatic rings. The van der Waals surface area contributed by atoms with Crippen molar-refractivity contribution in [3.8, 4) is 21.3 Å². The summed E-state index contributed by atoms with van der Waals surface area (Å²) in [6, 6.07) is 1.29. The molecule has 0 unspecified atom stereocenters. The van der Waals surface area contributed by atoms with Crippen molar-refractivity contribution in [1.29, 1.82) is 0 Å². The maximum absolute atomic E-state index is 15.6. The zero-order chi connectivity index (χ0) is 31.0. The standard InChI is InChI=1S/C26H31F4N5O5S2/c1-5-13(2)34-42(38,39)16-7-6-15(18(19(16)28)22(29)30)21-20(25(36)35-10-8-14(27)9-11-35)32-24(41-21)23-31-17(40-33-23)12-26(3,4)37/h6-7,13-14,22,34,37H,5,8-12H2,1-4H3/t13-/m1/s1. The van der Waals surface area contributed by atoms with Crippen molar-refractivity contribution in [2.24, 2.45) is 0 Å². The van der Waals surface area contributed by atoms with Crippen LogP contribution in [0.3, 0.4) is 0 Å². The summed E-state index contributed by atoms with van der Waals surface area (Å²) in [5.74, 6) is -2.40. The SMILES string of the molecule is CC[C@@H](C)NS(=O)(=O)c1ccc(-c2sc(-c3noc(CC(C)(C)O)n3)nc2C(=O)N2CCC(F)CC2)c(C(F)F)c1F. The number of carbonyl (C=O) groups is 1. The lowest BCUT2D eigenvalue weighted by Gasteiger charge is -2.28. The number of aliphatic hydroxyl groups is 1. The lowest BCUT2D eigenvalue weighted by Crippen LogP contribution is -2.39. The largest absolute Gasteiger partial charge is 0.390 e. The van der Waals surface area contributed by atoms with Gasteiger partial charge in [0.1, 0.15) is 16.8 Å². The van der Waals surface area contributed by atoms with E-state index in [1.54, 1.807) is 13.8 Å². The number of benzene rings is 1. The molecule has 1 saturated heterocycles. The van der Waals surface area contributed by atoms with E-state index < -0.39 is 62.0 Å². The van der Waals surface area contributed by atoms with Crippen LogP contribution in [0.4, 0.5) is 17.6 Å². The molecule has 1 fully saturated rings. The van der Waals surface area contributed by atoms with E-state index in [1.165, 1.54) is 18.7 Å². The number of halogens is 4. The molecular formula is C26H31F4N5O5S2. The number of carbonyl (C=O) groups excluding carboxylic acids is 1. The molecule has 0 aliphatic carbocycles. The molecule has 0 saturated carbocycles. The fraction of sp³-hybridized carbons (Fsp3) is 0.538. The molecule has 1 amide bonds. The second-order valence-electron chi connectivity index (χ2n) is 10.7. The highest BCUT2D eigenvalue weighted by molar-refractivity contribution is 7.89. The fourth-order valence-corrected chi connectivity index (χ4v) is 6.77. The van der Waals surface area contributed by atoms with Gasteiger partial charge in [-0.3, -0.25) is 4.79 Å². The number of thiazole rings is 1. The Bertz CT molecular complexity index is 1550. The van der Waals surface area contributed by atoms with Crippen LogP contribution in [-0.2, 0) is 16.4 Å². The Morgan fingerprint density at radius 1 is 1.26 bits per heavy atom. The van der Waals surface area contributed by atoms with Gasteiger partial charge < -0.3 is 14.5 Å². The van der Waals surface area contributed by atoms with E-state index >= 15 is 4.39 Å². The first kappa shape index (κ1) is 32.0. The van der Waals surface area contributed by atoms with Gasteiger partial charge in [-0.2, -0.15) is 4.98 Å². The number of sulfonamides is 1. The Morgan fingerprint density at radius 2 is 1.93 bits per heavy atom. The molecule has 0 spiro atoms. The normalized spacial score (nSPS) is 15.9. The van der Waals surface area contributed by atoms with Crippen molar-refractivity contribution in [2.45, 2.75) is 82.5 Å². The minimum atomic E-state index is -4.49. The molecule has 1 aliphatic heterocycles. The van der Waals surface area contributed by atoms with E-state index in [0.717, 1.165) is 12.1 Å². The van der Waals surface area contributed by atoms with Gasteiger partial charge in [0.2, 0.25) is 21.7 Å². The second kappa shape index (κ2) is 12.3. The molecule has 0 bridgehead atoms. The Morgan fingerprint density at radius 3 is 2.52 bits per heavy atom. The van der Waals surface area contributed by atoms with Gasteiger partial charge in [-0.05, 0) is 46.1 Å². The zero-order valence-corrected chi connectivity index (χ0v) is 25.0. The lowest BCUT2D eigenvalue weighted by atomic mass is 10.0. The summed E-state index contributed by atoms with van der Waals surface area (Å²) in [6.45, 7) is 6.41. The van der Waals surface area contributed by atoms with Crippen LogP contribution >= 0.6 is 11.3 Å². The number of amides is 1. The van der Waals surface area contributed by atoms with E-state index in [9.17, 15) is 31.5 Å². The number of alkyl halides is 3. The van der Waals surface area contributed by atoms with Gasteiger partial charge in [-0.15, -0.1) is 11.3 Å². The number of hydrogen-bond acceptors (Lipinski definition) is 9. The van der Waals surface area contributed by atoms with E-state index in [1.807, 2.05) is 0 Å². The summed E-state index contributed by atoms with van der Waals surface area (Å²) in [5, 5.41) is 13.9. The quantitative estimate of drug-likeness (QED) is 0.301. The summed E-state index contributed by atoms with van der Waals surface area (Å²) >= 11 is 0.713. The molecule has 42 heavy (non-hydrogen) atoms. The third-order valence-electron chi connectivity index (χ3n) is 6.65. The zero-order valence-electron chi connectivity index (χ0n) is 23.3. The molecule has 10 nitrogen and oxygen atoms in total. The number of aromatic nitrogens is 3. The molecule has 2 aromatic heterocycles. The lowest BCUT2D eigenvalue weighted by molar-refractivity contribution is 0.0661. The van der Waals surface area contributed by atoms with Crippen molar-refractivity contribution in [3.05, 3.63) is 35.1 Å². The molecular weight excluding hydrogens is 602 g/mol. The minimum absolute atomic E-state index is 0.0104. The Balaban J connectivity index is 1.86. The molecule has 16 heteroatoms. The van der Waals surface area contributed by atoms with Crippen LogP contribution in [0.25, 0.3) is 21.3 Å². The second-order valence-corrected chi connectivity index (χ2v) is 13.4. The van der Waals surface area contributed by atoms with E-state index in [0.29, 0.717) is 17.8 Å². The highest BCUT2D eigenvalue weighted by Crippen LogP contribution is 2.42. The number of nitrogens with zero attached hydrogens (tertiary/aromatic N) is 4. The van der Waals surface area contributed by atoms with Crippen LogP contribution < -0.4 is 4.72 Å². The molecule has 1 aliphatic rings. The molecule has 4 rings (SSSR count). The van der Waals surface area contributed by atoms with Crippen LogP contribution in [0.1, 0.15) is 75.3 Å². The Labute approximate surface area is 244 Å². The van der Waals surface area contributed by atoms with Gasteiger partial charge in [0, 0.05) is 24.7 Å². The third kappa shape index (κ3) is 6.98. The number of hydrogen-bond donors (Lipinski definition) is 2. The number of piperidine rings is 1. The predicted octanol–water partition coefficient (Wildman–Crippen LogP) is 4.90. The summed E-state index contributed by atoms with van der Waals surface area (Å²) in [6.07, 6.45) is -4.03. The van der Waals surface area contributed by atoms with Gasteiger partial charge in [0.05, 0.1) is 22.5 Å². The first-order valence-corrected chi connectivity index (χ1v) is 15.5. The van der Waals surface area contributed by atoms with Gasteiger partial charge in [-0.1, -0.05) is 18.1 Å². The molecule has 1 aromatic carbocycles.